The molecule has 1 saturated heterocycles. The molecule has 0 spiro atoms. The zero-order valence-electron chi connectivity index (χ0n) is 16.5. The Morgan fingerprint density at radius 2 is 1.86 bits per heavy atom. The number of rotatable bonds is 8. The summed E-state index contributed by atoms with van der Waals surface area (Å²) in [7, 11) is 1.64. The summed E-state index contributed by atoms with van der Waals surface area (Å²) < 4.78 is 11.1. The Morgan fingerprint density at radius 1 is 1.14 bits per heavy atom. The highest BCUT2D eigenvalue weighted by Crippen LogP contribution is 2.31. The van der Waals surface area contributed by atoms with Gasteiger partial charge >= 0.3 is 5.97 Å². The van der Waals surface area contributed by atoms with Crippen LogP contribution in [0, 0.1) is 0 Å². The SMILES string of the molecule is CCOc1cc(CN(c2ccc(C(=O)O)cc2)C2CCNCC2)ccc1OC. The minimum Gasteiger partial charge on any atom is -0.493 e. The molecule has 0 aliphatic carbocycles. The van der Waals surface area contributed by atoms with Crippen molar-refractivity contribution in [3.05, 3.63) is 53.6 Å². The summed E-state index contributed by atoms with van der Waals surface area (Å²) in [5.74, 6) is 0.565. The molecule has 150 valence electrons. The average molecular weight is 384 g/mol. The van der Waals surface area contributed by atoms with Gasteiger partial charge in [0.15, 0.2) is 11.5 Å². The molecule has 6 heteroatoms. The van der Waals surface area contributed by atoms with Crippen LogP contribution in [-0.4, -0.2) is 43.9 Å². The summed E-state index contributed by atoms with van der Waals surface area (Å²) in [6.45, 7) is 5.23. The first-order valence-corrected chi connectivity index (χ1v) is 9.72. The third-order valence-corrected chi connectivity index (χ3v) is 5.08. The first-order chi connectivity index (χ1) is 13.6. The number of benzene rings is 2. The van der Waals surface area contributed by atoms with Crippen molar-refractivity contribution in [1.82, 2.24) is 5.32 Å². The van der Waals surface area contributed by atoms with Gasteiger partial charge < -0.3 is 24.8 Å². The quantitative estimate of drug-likeness (QED) is 0.725. The number of nitrogens with one attached hydrogen (secondary N) is 1. The van der Waals surface area contributed by atoms with E-state index in [0.717, 1.165) is 55.2 Å². The molecule has 0 amide bonds. The van der Waals surface area contributed by atoms with Gasteiger partial charge in [-0.15, -0.1) is 0 Å². The van der Waals surface area contributed by atoms with Crippen LogP contribution in [-0.2, 0) is 6.54 Å². The summed E-state index contributed by atoms with van der Waals surface area (Å²) in [5.41, 5.74) is 2.47. The molecule has 1 fully saturated rings. The monoisotopic (exact) mass is 384 g/mol. The van der Waals surface area contributed by atoms with Crippen LogP contribution in [0.5, 0.6) is 11.5 Å². The molecule has 28 heavy (non-hydrogen) atoms. The van der Waals surface area contributed by atoms with Crippen molar-refractivity contribution in [1.29, 1.82) is 0 Å². The lowest BCUT2D eigenvalue weighted by atomic mass is 10.0. The van der Waals surface area contributed by atoms with E-state index in [2.05, 4.69) is 16.3 Å². The number of nitrogens with zero attached hydrogens (tertiary/aromatic N) is 1. The number of aromatic carboxylic acids is 1. The van der Waals surface area contributed by atoms with Gasteiger partial charge in [-0.25, -0.2) is 4.79 Å². The Morgan fingerprint density at radius 3 is 2.46 bits per heavy atom. The summed E-state index contributed by atoms with van der Waals surface area (Å²) in [6.07, 6.45) is 2.10. The first kappa shape index (κ1) is 20.0. The molecule has 3 rings (SSSR count). The Kier molecular flexibility index (Phi) is 6.76. The van der Waals surface area contributed by atoms with E-state index in [9.17, 15) is 9.90 Å². The minimum absolute atomic E-state index is 0.303. The largest absolute Gasteiger partial charge is 0.493 e. The van der Waals surface area contributed by atoms with E-state index in [1.807, 2.05) is 31.2 Å². The van der Waals surface area contributed by atoms with E-state index in [4.69, 9.17) is 9.47 Å². The van der Waals surface area contributed by atoms with Crippen LogP contribution in [0.15, 0.2) is 42.5 Å². The fraction of sp³-hybridized carbons (Fsp3) is 0.409. The summed E-state index contributed by atoms with van der Waals surface area (Å²) in [5, 5.41) is 12.6. The predicted octanol–water partition coefficient (Wildman–Crippen LogP) is 3.55. The highest BCUT2D eigenvalue weighted by Gasteiger charge is 2.22. The van der Waals surface area contributed by atoms with Crippen molar-refractivity contribution < 1.29 is 19.4 Å². The van der Waals surface area contributed by atoms with Gasteiger partial charge in [0.05, 0.1) is 19.3 Å². The van der Waals surface area contributed by atoms with Gasteiger partial charge in [0.25, 0.3) is 0 Å². The van der Waals surface area contributed by atoms with Crippen LogP contribution in [0.4, 0.5) is 5.69 Å². The second-order valence-corrected chi connectivity index (χ2v) is 6.88. The number of hydrogen-bond acceptors (Lipinski definition) is 5. The zero-order valence-corrected chi connectivity index (χ0v) is 16.5. The number of piperidine rings is 1. The number of anilines is 1. The van der Waals surface area contributed by atoms with E-state index in [-0.39, 0.29) is 0 Å². The summed E-state index contributed by atoms with van der Waals surface area (Å²) in [6, 6.07) is 13.6. The number of carbonyl (C=O) groups is 1. The van der Waals surface area contributed by atoms with Crippen molar-refractivity contribution in [2.24, 2.45) is 0 Å². The third-order valence-electron chi connectivity index (χ3n) is 5.08. The van der Waals surface area contributed by atoms with E-state index < -0.39 is 5.97 Å². The molecule has 0 saturated carbocycles. The lowest BCUT2D eigenvalue weighted by Crippen LogP contribution is -2.43. The number of carboxylic acid groups (broad SMARTS) is 1. The second kappa shape index (κ2) is 9.46. The molecule has 0 bridgehead atoms. The van der Waals surface area contributed by atoms with Crippen LogP contribution >= 0.6 is 0 Å². The highest BCUT2D eigenvalue weighted by molar-refractivity contribution is 5.88. The van der Waals surface area contributed by atoms with Crippen molar-refractivity contribution in [2.45, 2.75) is 32.4 Å². The zero-order chi connectivity index (χ0) is 19.9. The maximum Gasteiger partial charge on any atom is 0.335 e. The molecule has 2 N–H and O–H groups in total. The molecule has 0 radical (unpaired) electrons. The maximum absolute atomic E-state index is 11.2. The van der Waals surface area contributed by atoms with E-state index in [1.54, 1.807) is 19.2 Å². The van der Waals surface area contributed by atoms with Crippen LogP contribution in [0.25, 0.3) is 0 Å². The van der Waals surface area contributed by atoms with Gasteiger partial charge in [-0.3, -0.25) is 0 Å². The summed E-state index contributed by atoms with van der Waals surface area (Å²) in [4.78, 5) is 13.6. The fourth-order valence-corrected chi connectivity index (χ4v) is 3.63. The van der Waals surface area contributed by atoms with Gasteiger partial charge in [-0.2, -0.15) is 0 Å². The summed E-state index contributed by atoms with van der Waals surface area (Å²) >= 11 is 0. The molecule has 0 atom stereocenters. The Bertz CT molecular complexity index is 786. The Balaban J connectivity index is 1.88. The molecule has 1 heterocycles. The average Bonchev–Trinajstić information content (AvgIpc) is 2.73. The van der Waals surface area contributed by atoms with Gasteiger partial charge in [-0.05, 0) is 74.8 Å². The standard InChI is InChI=1S/C22H28N2O4/c1-3-28-21-14-16(4-9-20(21)27-2)15-24(19-10-12-23-13-11-19)18-7-5-17(6-8-18)22(25)26/h4-9,14,19,23H,3,10-13,15H2,1-2H3,(H,25,26). The van der Waals surface area contributed by atoms with Crippen LogP contribution in [0.2, 0.25) is 0 Å². The molecule has 2 aromatic carbocycles. The number of methoxy groups -OCH3 is 1. The van der Waals surface area contributed by atoms with E-state index >= 15 is 0 Å². The van der Waals surface area contributed by atoms with E-state index in [0.29, 0.717) is 18.2 Å². The molecule has 6 nitrogen and oxygen atoms in total. The predicted molar refractivity (Wildman–Crippen MR) is 110 cm³/mol. The van der Waals surface area contributed by atoms with Crippen LogP contribution in [0.3, 0.4) is 0 Å². The van der Waals surface area contributed by atoms with Crippen molar-refractivity contribution in [3.63, 3.8) is 0 Å². The maximum atomic E-state index is 11.2. The van der Waals surface area contributed by atoms with Gasteiger partial charge in [0.2, 0.25) is 0 Å². The number of hydrogen-bond donors (Lipinski definition) is 2. The molecule has 0 unspecified atom stereocenters. The molecule has 1 aliphatic heterocycles. The lowest BCUT2D eigenvalue weighted by molar-refractivity contribution is 0.0697. The molecule has 0 aromatic heterocycles. The fourth-order valence-electron chi connectivity index (χ4n) is 3.63. The van der Waals surface area contributed by atoms with Crippen LogP contribution in [0.1, 0.15) is 35.7 Å². The normalized spacial score (nSPS) is 14.5. The first-order valence-electron chi connectivity index (χ1n) is 9.72. The van der Waals surface area contributed by atoms with Crippen LogP contribution < -0.4 is 19.7 Å². The lowest BCUT2D eigenvalue weighted by Gasteiger charge is -2.36. The number of carboxylic acids is 1. The number of ether oxygens (including phenoxy) is 2. The third kappa shape index (κ3) is 4.75. The molecule has 1 aliphatic rings. The van der Waals surface area contributed by atoms with Gasteiger partial charge in [-0.1, -0.05) is 6.07 Å². The van der Waals surface area contributed by atoms with Crippen molar-refractivity contribution in [3.8, 4) is 11.5 Å². The van der Waals surface area contributed by atoms with Crippen molar-refractivity contribution in [2.75, 3.05) is 31.7 Å². The Hall–Kier alpha value is -2.73. The second-order valence-electron chi connectivity index (χ2n) is 6.88. The topological polar surface area (TPSA) is 71.0 Å². The minimum atomic E-state index is -0.906. The van der Waals surface area contributed by atoms with Gasteiger partial charge in [0.1, 0.15) is 0 Å². The molecular weight excluding hydrogens is 356 g/mol. The van der Waals surface area contributed by atoms with E-state index in [1.165, 1.54) is 0 Å². The molecule has 2 aromatic rings. The van der Waals surface area contributed by atoms with Gasteiger partial charge in [0, 0.05) is 18.3 Å². The highest BCUT2D eigenvalue weighted by atomic mass is 16.5. The smallest absolute Gasteiger partial charge is 0.335 e. The molecular formula is C22H28N2O4. The van der Waals surface area contributed by atoms with Crippen molar-refractivity contribution >= 4 is 11.7 Å². The Labute approximate surface area is 166 Å².